The molecule has 0 radical (unpaired) electrons. The fourth-order valence-electron chi connectivity index (χ4n) is 2.11. The standard InChI is InChI=1S/C9H22N2S/c10-4-8-12(9-5-11)6-2-1-3-7-12/h1-11H2. The van der Waals surface area contributed by atoms with Crippen molar-refractivity contribution >= 4 is 10.0 Å². The van der Waals surface area contributed by atoms with Crippen LogP contribution in [0.1, 0.15) is 19.3 Å². The van der Waals surface area contributed by atoms with Crippen LogP contribution in [0, 0.1) is 0 Å². The van der Waals surface area contributed by atoms with E-state index in [9.17, 15) is 0 Å². The monoisotopic (exact) mass is 190 g/mol. The Bertz CT molecular complexity index is 106. The summed E-state index contributed by atoms with van der Waals surface area (Å²) in [5, 5.41) is 0. The van der Waals surface area contributed by atoms with Crippen LogP contribution in [0.15, 0.2) is 0 Å². The first kappa shape index (κ1) is 10.4. The Hall–Kier alpha value is 0.270. The maximum Gasteiger partial charge on any atom is -0.0000751 e. The maximum atomic E-state index is 5.65. The summed E-state index contributed by atoms with van der Waals surface area (Å²) >= 11 is 0. The minimum Gasteiger partial charge on any atom is -0.330 e. The summed E-state index contributed by atoms with van der Waals surface area (Å²) in [6, 6.07) is 0. The quantitative estimate of drug-likeness (QED) is 0.692. The first-order chi connectivity index (χ1) is 5.83. The van der Waals surface area contributed by atoms with Crippen molar-refractivity contribution in [1.29, 1.82) is 0 Å². The molecular weight excluding hydrogens is 168 g/mol. The lowest BCUT2D eigenvalue weighted by Gasteiger charge is -2.43. The van der Waals surface area contributed by atoms with E-state index >= 15 is 0 Å². The fourth-order valence-corrected chi connectivity index (χ4v) is 5.96. The predicted molar refractivity (Wildman–Crippen MR) is 59.0 cm³/mol. The zero-order valence-electron chi connectivity index (χ0n) is 7.93. The minimum absolute atomic E-state index is 0.348. The van der Waals surface area contributed by atoms with Gasteiger partial charge in [-0.05, 0) is 48.9 Å². The van der Waals surface area contributed by atoms with Crippen LogP contribution in [0.4, 0.5) is 0 Å². The molecule has 12 heavy (non-hydrogen) atoms. The lowest BCUT2D eigenvalue weighted by molar-refractivity contribution is 0.749. The molecule has 2 nitrogen and oxygen atoms in total. The molecule has 0 aliphatic carbocycles. The highest BCUT2D eigenvalue weighted by molar-refractivity contribution is 8.33. The Morgan fingerprint density at radius 3 is 1.75 bits per heavy atom. The van der Waals surface area contributed by atoms with E-state index in [1.54, 1.807) is 0 Å². The second-order valence-corrected chi connectivity index (χ2v) is 7.76. The molecule has 0 amide bonds. The van der Waals surface area contributed by atoms with Crippen molar-refractivity contribution in [2.45, 2.75) is 19.3 Å². The Balaban J connectivity index is 2.44. The van der Waals surface area contributed by atoms with Crippen LogP contribution in [0.25, 0.3) is 0 Å². The lowest BCUT2D eigenvalue weighted by atomic mass is 10.3. The Kier molecular flexibility index (Phi) is 4.40. The molecule has 0 spiro atoms. The third-order valence-corrected chi connectivity index (χ3v) is 7.27. The fraction of sp³-hybridized carbons (Fsp3) is 1.00. The molecule has 0 aromatic rings. The van der Waals surface area contributed by atoms with Crippen LogP contribution in [-0.2, 0) is 0 Å². The molecule has 0 unspecified atom stereocenters. The molecule has 0 aromatic heterocycles. The van der Waals surface area contributed by atoms with Crippen molar-refractivity contribution in [1.82, 2.24) is 0 Å². The predicted octanol–water partition coefficient (Wildman–Crippen LogP) is 0.892. The van der Waals surface area contributed by atoms with Crippen molar-refractivity contribution < 1.29 is 0 Å². The highest BCUT2D eigenvalue weighted by Gasteiger charge is 2.24. The van der Waals surface area contributed by atoms with Crippen LogP contribution in [0.5, 0.6) is 0 Å². The summed E-state index contributed by atoms with van der Waals surface area (Å²) in [5.41, 5.74) is 11.3. The molecule has 4 N–H and O–H groups in total. The number of nitrogens with two attached hydrogens (primary N) is 2. The van der Waals surface area contributed by atoms with Crippen molar-refractivity contribution in [2.75, 3.05) is 36.1 Å². The molecule has 1 heterocycles. The first-order valence-corrected chi connectivity index (χ1v) is 7.28. The van der Waals surface area contributed by atoms with Crippen LogP contribution < -0.4 is 11.5 Å². The third-order valence-electron chi connectivity index (χ3n) is 2.76. The highest BCUT2D eigenvalue weighted by Crippen LogP contribution is 2.51. The van der Waals surface area contributed by atoms with E-state index in [1.165, 1.54) is 42.3 Å². The van der Waals surface area contributed by atoms with E-state index < -0.39 is 0 Å². The van der Waals surface area contributed by atoms with Crippen molar-refractivity contribution in [2.24, 2.45) is 11.5 Å². The average molecular weight is 190 g/mol. The van der Waals surface area contributed by atoms with Gasteiger partial charge in [-0.1, -0.05) is 6.42 Å². The van der Waals surface area contributed by atoms with Crippen LogP contribution in [0.2, 0.25) is 0 Å². The highest BCUT2D eigenvalue weighted by atomic mass is 32.3. The minimum atomic E-state index is -0.348. The second kappa shape index (κ2) is 5.10. The van der Waals surface area contributed by atoms with E-state index in [-0.39, 0.29) is 10.0 Å². The lowest BCUT2D eigenvalue weighted by Crippen LogP contribution is -2.28. The molecule has 1 saturated heterocycles. The number of rotatable bonds is 4. The maximum absolute atomic E-state index is 5.65. The van der Waals surface area contributed by atoms with Gasteiger partial charge in [-0.2, -0.15) is 0 Å². The SMILES string of the molecule is NCCS1(CCN)CCCCC1. The molecule has 1 aliphatic rings. The largest absolute Gasteiger partial charge is 0.330 e. The molecule has 3 heteroatoms. The summed E-state index contributed by atoms with van der Waals surface area (Å²) in [5.74, 6) is 5.43. The van der Waals surface area contributed by atoms with Crippen LogP contribution in [-0.4, -0.2) is 36.1 Å². The normalized spacial score (nSPS) is 25.2. The van der Waals surface area contributed by atoms with E-state index in [0.717, 1.165) is 13.1 Å². The van der Waals surface area contributed by atoms with Crippen molar-refractivity contribution in [3.8, 4) is 0 Å². The zero-order valence-corrected chi connectivity index (χ0v) is 8.74. The summed E-state index contributed by atoms with van der Waals surface area (Å²) < 4.78 is 0. The van der Waals surface area contributed by atoms with Crippen LogP contribution in [0.3, 0.4) is 0 Å². The van der Waals surface area contributed by atoms with Gasteiger partial charge >= 0.3 is 0 Å². The van der Waals surface area contributed by atoms with E-state index in [2.05, 4.69) is 0 Å². The van der Waals surface area contributed by atoms with Gasteiger partial charge in [0.25, 0.3) is 0 Å². The van der Waals surface area contributed by atoms with Gasteiger partial charge < -0.3 is 11.5 Å². The second-order valence-electron chi connectivity index (χ2n) is 3.68. The molecular formula is C9H22N2S. The Labute approximate surface area is 77.4 Å². The first-order valence-electron chi connectivity index (χ1n) is 4.97. The summed E-state index contributed by atoms with van der Waals surface area (Å²) in [6.07, 6.45) is 4.29. The Morgan fingerprint density at radius 2 is 1.33 bits per heavy atom. The number of hydrogen-bond donors (Lipinski definition) is 2. The van der Waals surface area contributed by atoms with Crippen molar-refractivity contribution in [3.05, 3.63) is 0 Å². The molecule has 0 atom stereocenters. The van der Waals surface area contributed by atoms with E-state index in [4.69, 9.17) is 11.5 Å². The van der Waals surface area contributed by atoms with Crippen LogP contribution >= 0.6 is 10.0 Å². The topological polar surface area (TPSA) is 52.0 Å². The average Bonchev–Trinajstić information content (AvgIpc) is 2.07. The third kappa shape index (κ3) is 2.64. The molecule has 1 fully saturated rings. The molecule has 0 bridgehead atoms. The molecule has 1 rings (SSSR count). The van der Waals surface area contributed by atoms with Gasteiger partial charge in [0.15, 0.2) is 0 Å². The van der Waals surface area contributed by atoms with Gasteiger partial charge in [-0.15, -0.1) is 0 Å². The summed E-state index contributed by atoms with van der Waals surface area (Å²) in [4.78, 5) is 0. The Morgan fingerprint density at radius 1 is 0.833 bits per heavy atom. The van der Waals surface area contributed by atoms with Gasteiger partial charge in [0.2, 0.25) is 0 Å². The zero-order chi connectivity index (χ0) is 8.86. The van der Waals surface area contributed by atoms with Gasteiger partial charge in [0.1, 0.15) is 0 Å². The summed E-state index contributed by atoms with van der Waals surface area (Å²) in [7, 11) is -0.348. The van der Waals surface area contributed by atoms with Gasteiger partial charge in [-0.25, -0.2) is 10.0 Å². The molecule has 0 aromatic carbocycles. The van der Waals surface area contributed by atoms with E-state index in [1.807, 2.05) is 0 Å². The molecule has 74 valence electrons. The van der Waals surface area contributed by atoms with Gasteiger partial charge in [0.05, 0.1) is 0 Å². The molecule has 0 saturated carbocycles. The number of hydrogen-bond acceptors (Lipinski definition) is 2. The van der Waals surface area contributed by atoms with Crippen molar-refractivity contribution in [3.63, 3.8) is 0 Å². The van der Waals surface area contributed by atoms with Gasteiger partial charge in [0, 0.05) is 0 Å². The molecule has 1 aliphatic heterocycles. The van der Waals surface area contributed by atoms with E-state index in [0.29, 0.717) is 0 Å². The van der Waals surface area contributed by atoms with Gasteiger partial charge in [-0.3, -0.25) is 0 Å². The smallest absolute Gasteiger partial charge is 0.0000751 e. The summed E-state index contributed by atoms with van der Waals surface area (Å²) in [6.45, 7) is 1.74.